The fourth-order valence-electron chi connectivity index (χ4n) is 4.15. The van der Waals surface area contributed by atoms with E-state index in [2.05, 4.69) is 27.3 Å². The Hall–Kier alpha value is -3.16. The molecule has 0 radical (unpaired) electrons. The number of aromatic nitrogens is 2. The molecule has 158 valence electrons. The van der Waals surface area contributed by atoms with Crippen LogP contribution in [-0.2, 0) is 11.2 Å². The molecular weight excluding hydrogens is 382 g/mol. The summed E-state index contributed by atoms with van der Waals surface area (Å²) in [6, 6.07) is 10.1. The molecule has 2 heterocycles. The number of Topliss-reactive ketones (excluding diaryl/α,β-unsaturated/α-hetero) is 1. The zero-order chi connectivity index (χ0) is 21.1. The molecule has 0 bridgehead atoms. The van der Waals surface area contributed by atoms with Crippen LogP contribution in [0, 0.1) is 0 Å². The van der Waals surface area contributed by atoms with Gasteiger partial charge in [0, 0.05) is 39.6 Å². The third-order valence-electron chi connectivity index (χ3n) is 5.72. The second-order valence-corrected chi connectivity index (χ2v) is 7.56. The lowest BCUT2D eigenvalue weighted by molar-refractivity contribution is 0.0962. The lowest BCUT2D eigenvalue weighted by atomic mass is 9.82. The number of rotatable bonds is 4. The zero-order valence-electron chi connectivity index (χ0n) is 17.4. The summed E-state index contributed by atoms with van der Waals surface area (Å²) < 4.78 is 5.09. The van der Waals surface area contributed by atoms with E-state index in [1.807, 2.05) is 18.2 Å². The van der Waals surface area contributed by atoms with Gasteiger partial charge in [0.2, 0.25) is 5.95 Å². The van der Waals surface area contributed by atoms with Crippen molar-refractivity contribution in [1.29, 1.82) is 0 Å². The Labute approximate surface area is 176 Å². The van der Waals surface area contributed by atoms with Crippen LogP contribution in [0.25, 0.3) is 0 Å². The van der Waals surface area contributed by atoms with Gasteiger partial charge in [-0.15, -0.1) is 0 Å². The molecule has 1 aliphatic heterocycles. The van der Waals surface area contributed by atoms with Crippen molar-refractivity contribution >= 4 is 23.6 Å². The van der Waals surface area contributed by atoms with Crippen molar-refractivity contribution in [3.8, 4) is 0 Å². The van der Waals surface area contributed by atoms with E-state index >= 15 is 0 Å². The van der Waals surface area contributed by atoms with Crippen molar-refractivity contribution in [1.82, 2.24) is 14.9 Å². The minimum Gasteiger partial charge on any atom is -0.450 e. The maximum atomic E-state index is 12.9. The van der Waals surface area contributed by atoms with Crippen molar-refractivity contribution in [2.24, 2.45) is 0 Å². The van der Waals surface area contributed by atoms with E-state index in [9.17, 15) is 9.59 Å². The number of hydrogen-bond acceptors (Lipinski definition) is 7. The van der Waals surface area contributed by atoms with Crippen molar-refractivity contribution in [3.63, 3.8) is 0 Å². The van der Waals surface area contributed by atoms with Crippen LogP contribution in [0.15, 0.2) is 30.3 Å². The van der Waals surface area contributed by atoms with Gasteiger partial charge in [-0.25, -0.2) is 9.78 Å². The second kappa shape index (κ2) is 8.69. The zero-order valence-corrected chi connectivity index (χ0v) is 17.4. The molecule has 1 atom stereocenters. The van der Waals surface area contributed by atoms with E-state index in [-0.39, 0.29) is 17.8 Å². The first kappa shape index (κ1) is 20.1. The van der Waals surface area contributed by atoms with Gasteiger partial charge < -0.3 is 19.9 Å². The second-order valence-electron chi connectivity index (χ2n) is 7.56. The maximum absolute atomic E-state index is 12.9. The fourth-order valence-corrected chi connectivity index (χ4v) is 4.15. The SMILES string of the molecule is CCOC(=O)N1CCN(c2nc3c(c(NC)n2)C(=O)C[C@H](c2ccccc2)C3)CC1. The Balaban J connectivity index is 1.57. The molecule has 8 nitrogen and oxygen atoms in total. The number of benzene rings is 1. The molecule has 1 saturated heterocycles. The molecule has 2 aromatic rings. The fraction of sp³-hybridized carbons (Fsp3) is 0.455. The average Bonchev–Trinajstić information content (AvgIpc) is 2.79. The number of nitrogens with zero attached hydrogens (tertiary/aromatic N) is 4. The predicted octanol–water partition coefficient (Wildman–Crippen LogP) is 2.71. The van der Waals surface area contributed by atoms with Crippen molar-refractivity contribution < 1.29 is 14.3 Å². The highest BCUT2D eigenvalue weighted by atomic mass is 16.6. The van der Waals surface area contributed by atoms with Crippen LogP contribution in [0.4, 0.5) is 16.6 Å². The smallest absolute Gasteiger partial charge is 0.409 e. The summed E-state index contributed by atoms with van der Waals surface area (Å²) in [6.07, 6.45) is 0.890. The first-order chi connectivity index (χ1) is 14.6. The molecule has 4 rings (SSSR count). The van der Waals surface area contributed by atoms with Crippen molar-refractivity contribution in [2.75, 3.05) is 50.1 Å². The largest absolute Gasteiger partial charge is 0.450 e. The van der Waals surface area contributed by atoms with Gasteiger partial charge in [-0.05, 0) is 24.8 Å². The van der Waals surface area contributed by atoms with Gasteiger partial charge in [0.1, 0.15) is 5.82 Å². The minimum absolute atomic E-state index is 0.0770. The number of ketones is 1. The first-order valence-corrected chi connectivity index (χ1v) is 10.4. The maximum Gasteiger partial charge on any atom is 0.409 e. The monoisotopic (exact) mass is 409 g/mol. The van der Waals surface area contributed by atoms with Crippen molar-refractivity contribution in [2.45, 2.75) is 25.7 Å². The predicted molar refractivity (Wildman–Crippen MR) is 114 cm³/mol. The highest BCUT2D eigenvalue weighted by molar-refractivity contribution is 6.03. The standard InChI is InChI=1S/C22H27N5O3/c1-3-30-22(29)27-11-9-26(10-12-27)21-24-17-13-16(15-7-5-4-6-8-15)14-18(28)19(17)20(23-2)25-21/h4-8,16H,3,9-14H2,1-2H3,(H,23,24,25)/t16-/m1/s1. The number of ether oxygens (including phenoxy) is 1. The number of amides is 1. The molecule has 1 amide bonds. The molecular formula is C22H27N5O3. The topological polar surface area (TPSA) is 87.7 Å². The number of fused-ring (bicyclic) bond motifs is 1. The number of carbonyl (C=O) groups excluding carboxylic acids is 2. The average molecular weight is 409 g/mol. The summed E-state index contributed by atoms with van der Waals surface area (Å²) in [7, 11) is 1.78. The van der Waals surface area contributed by atoms with Crippen LogP contribution in [0.5, 0.6) is 0 Å². The Morgan fingerprint density at radius 3 is 2.53 bits per heavy atom. The molecule has 30 heavy (non-hydrogen) atoms. The van der Waals surface area contributed by atoms with E-state index in [1.54, 1.807) is 18.9 Å². The number of hydrogen-bond donors (Lipinski definition) is 1. The van der Waals surface area contributed by atoms with Crippen molar-refractivity contribution in [3.05, 3.63) is 47.2 Å². The van der Waals surface area contributed by atoms with Gasteiger partial charge in [0.15, 0.2) is 5.78 Å². The van der Waals surface area contributed by atoms with E-state index in [0.29, 0.717) is 63.0 Å². The van der Waals surface area contributed by atoms with Gasteiger partial charge >= 0.3 is 6.09 Å². The molecule has 1 fully saturated rings. The lowest BCUT2D eigenvalue weighted by Gasteiger charge is -2.35. The first-order valence-electron chi connectivity index (χ1n) is 10.4. The van der Waals surface area contributed by atoms with Crippen LogP contribution < -0.4 is 10.2 Å². The number of nitrogens with one attached hydrogen (secondary N) is 1. The molecule has 1 N–H and O–H groups in total. The third-order valence-corrected chi connectivity index (χ3v) is 5.72. The summed E-state index contributed by atoms with van der Waals surface area (Å²) in [5.74, 6) is 1.38. The minimum atomic E-state index is -0.282. The molecule has 8 heteroatoms. The molecule has 1 aliphatic carbocycles. The molecule has 0 unspecified atom stereocenters. The summed E-state index contributed by atoms with van der Waals surface area (Å²) in [5, 5.41) is 3.08. The number of piperazine rings is 1. The Morgan fingerprint density at radius 2 is 1.87 bits per heavy atom. The Kier molecular flexibility index (Phi) is 5.83. The Morgan fingerprint density at radius 1 is 1.13 bits per heavy atom. The van der Waals surface area contributed by atoms with Gasteiger partial charge in [0.25, 0.3) is 0 Å². The quantitative estimate of drug-likeness (QED) is 0.831. The van der Waals surface area contributed by atoms with E-state index in [0.717, 1.165) is 11.3 Å². The van der Waals surface area contributed by atoms with Crippen LogP contribution in [0.3, 0.4) is 0 Å². The van der Waals surface area contributed by atoms with E-state index in [1.165, 1.54) is 0 Å². The van der Waals surface area contributed by atoms with Gasteiger partial charge in [-0.2, -0.15) is 4.98 Å². The highest BCUT2D eigenvalue weighted by Gasteiger charge is 2.32. The van der Waals surface area contributed by atoms with E-state index < -0.39 is 0 Å². The van der Waals surface area contributed by atoms with Crippen LogP contribution in [-0.4, -0.2) is 66.6 Å². The summed E-state index contributed by atoms with van der Waals surface area (Å²) in [5.41, 5.74) is 2.56. The van der Waals surface area contributed by atoms with Gasteiger partial charge in [0.05, 0.1) is 17.9 Å². The van der Waals surface area contributed by atoms with Gasteiger partial charge in [-0.1, -0.05) is 30.3 Å². The molecule has 0 spiro atoms. The van der Waals surface area contributed by atoms with Gasteiger partial charge in [-0.3, -0.25) is 4.79 Å². The van der Waals surface area contributed by atoms with Crippen LogP contribution in [0.2, 0.25) is 0 Å². The summed E-state index contributed by atoms with van der Waals surface area (Å²) >= 11 is 0. The van der Waals surface area contributed by atoms with Crippen LogP contribution >= 0.6 is 0 Å². The molecule has 2 aliphatic rings. The number of anilines is 2. The summed E-state index contributed by atoms with van der Waals surface area (Å²) in [4.78, 5) is 38.1. The highest BCUT2D eigenvalue weighted by Crippen LogP contribution is 2.35. The molecule has 0 saturated carbocycles. The Bertz CT molecular complexity index is 926. The lowest BCUT2D eigenvalue weighted by Crippen LogP contribution is -2.49. The molecule has 1 aromatic heterocycles. The summed E-state index contributed by atoms with van der Waals surface area (Å²) in [6.45, 7) is 4.53. The number of carbonyl (C=O) groups is 2. The molecule has 1 aromatic carbocycles. The normalized spacial score (nSPS) is 18.7. The van der Waals surface area contributed by atoms with E-state index in [4.69, 9.17) is 9.72 Å². The third kappa shape index (κ3) is 3.94. The van der Waals surface area contributed by atoms with Crippen LogP contribution in [0.1, 0.15) is 40.9 Å².